The van der Waals surface area contributed by atoms with Crippen molar-refractivity contribution in [3.05, 3.63) is 29.0 Å². The van der Waals surface area contributed by atoms with Gasteiger partial charge in [-0.3, -0.25) is 4.79 Å². The van der Waals surface area contributed by atoms with Crippen molar-refractivity contribution in [2.24, 2.45) is 11.1 Å². The number of primary amides is 1. The highest BCUT2D eigenvalue weighted by Gasteiger charge is 2.27. The standard InChI is InChI=1S/C13H15Cl2N3O/c1-13(2,12(16)19)7-18-10-4-3-8(15)5-9(10)17-11(18)6-14/h3-5H,6-7H2,1-2H3,(H2,16,19). The highest BCUT2D eigenvalue weighted by molar-refractivity contribution is 6.31. The van der Waals surface area contributed by atoms with Gasteiger partial charge in [-0.05, 0) is 32.0 Å². The molecule has 0 aliphatic carbocycles. The maximum Gasteiger partial charge on any atom is 0.224 e. The van der Waals surface area contributed by atoms with Crippen molar-refractivity contribution >= 4 is 40.1 Å². The molecule has 0 aliphatic rings. The van der Waals surface area contributed by atoms with Crippen molar-refractivity contribution in [3.8, 4) is 0 Å². The smallest absolute Gasteiger partial charge is 0.224 e. The number of imidazole rings is 1. The minimum Gasteiger partial charge on any atom is -0.369 e. The van der Waals surface area contributed by atoms with Crippen LogP contribution in [0.1, 0.15) is 19.7 Å². The summed E-state index contributed by atoms with van der Waals surface area (Å²) in [6.07, 6.45) is 0. The molecule has 2 N–H and O–H groups in total. The van der Waals surface area contributed by atoms with E-state index in [1.54, 1.807) is 26.0 Å². The second-order valence-electron chi connectivity index (χ2n) is 5.13. The molecule has 2 aromatic rings. The molecule has 0 saturated heterocycles. The van der Waals surface area contributed by atoms with Crippen LogP contribution in [-0.4, -0.2) is 15.5 Å². The highest BCUT2D eigenvalue weighted by atomic mass is 35.5. The van der Waals surface area contributed by atoms with Crippen molar-refractivity contribution < 1.29 is 4.79 Å². The van der Waals surface area contributed by atoms with E-state index in [1.165, 1.54) is 0 Å². The molecule has 6 heteroatoms. The summed E-state index contributed by atoms with van der Waals surface area (Å²) in [6, 6.07) is 5.44. The fourth-order valence-corrected chi connectivity index (χ4v) is 2.27. The molecular formula is C13H15Cl2N3O. The minimum atomic E-state index is -0.673. The number of benzene rings is 1. The number of amides is 1. The average molecular weight is 300 g/mol. The number of carbonyl (C=O) groups excluding carboxylic acids is 1. The maximum absolute atomic E-state index is 11.5. The number of alkyl halides is 1. The van der Waals surface area contributed by atoms with Gasteiger partial charge in [0.2, 0.25) is 5.91 Å². The number of halogens is 2. The third-order valence-corrected chi connectivity index (χ3v) is 3.60. The summed E-state index contributed by atoms with van der Waals surface area (Å²) in [7, 11) is 0. The monoisotopic (exact) mass is 299 g/mol. The van der Waals surface area contributed by atoms with E-state index in [0.717, 1.165) is 11.0 Å². The molecule has 1 amide bonds. The first kappa shape index (κ1) is 14.2. The highest BCUT2D eigenvalue weighted by Crippen LogP contribution is 2.26. The molecule has 1 heterocycles. The first-order valence-corrected chi connectivity index (χ1v) is 6.77. The lowest BCUT2D eigenvalue weighted by Gasteiger charge is -2.22. The zero-order valence-electron chi connectivity index (χ0n) is 10.8. The van der Waals surface area contributed by atoms with E-state index in [0.29, 0.717) is 17.4 Å². The quantitative estimate of drug-likeness (QED) is 0.882. The number of hydrogen-bond donors (Lipinski definition) is 1. The van der Waals surface area contributed by atoms with Crippen molar-refractivity contribution in [2.45, 2.75) is 26.3 Å². The normalized spacial score (nSPS) is 12.0. The first-order chi connectivity index (χ1) is 8.85. The number of nitrogens with two attached hydrogens (primary N) is 1. The lowest BCUT2D eigenvalue weighted by Crippen LogP contribution is -2.35. The Morgan fingerprint density at radius 2 is 2.16 bits per heavy atom. The fraction of sp³-hybridized carbons (Fsp3) is 0.385. The summed E-state index contributed by atoms with van der Waals surface area (Å²) in [5.41, 5.74) is 6.41. The Labute approximate surface area is 121 Å². The topological polar surface area (TPSA) is 60.9 Å². The molecule has 0 radical (unpaired) electrons. The largest absolute Gasteiger partial charge is 0.369 e. The van der Waals surface area contributed by atoms with Crippen LogP contribution in [0.3, 0.4) is 0 Å². The number of fused-ring (bicyclic) bond motifs is 1. The predicted molar refractivity (Wildman–Crippen MR) is 77.3 cm³/mol. The van der Waals surface area contributed by atoms with Gasteiger partial charge in [-0.1, -0.05) is 11.6 Å². The predicted octanol–water partition coefficient (Wildman–Crippen LogP) is 2.94. The van der Waals surface area contributed by atoms with E-state index < -0.39 is 5.41 Å². The molecular weight excluding hydrogens is 285 g/mol. The minimum absolute atomic E-state index is 0.265. The second kappa shape index (κ2) is 5.02. The average Bonchev–Trinajstić information content (AvgIpc) is 2.65. The third-order valence-electron chi connectivity index (χ3n) is 3.13. The van der Waals surface area contributed by atoms with Gasteiger partial charge in [0.15, 0.2) is 0 Å². The summed E-state index contributed by atoms with van der Waals surface area (Å²) in [5.74, 6) is 0.610. The molecule has 0 spiro atoms. The van der Waals surface area contributed by atoms with Gasteiger partial charge < -0.3 is 10.3 Å². The Kier molecular flexibility index (Phi) is 3.74. The maximum atomic E-state index is 11.5. The van der Waals surface area contributed by atoms with E-state index in [9.17, 15) is 4.79 Å². The SMILES string of the molecule is CC(C)(Cn1c(CCl)nc2cc(Cl)ccc21)C(N)=O. The molecule has 2 rings (SSSR count). The Balaban J connectivity index is 2.55. The summed E-state index contributed by atoms with van der Waals surface area (Å²) in [5, 5.41) is 0.618. The molecule has 1 aromatic heterocycles. The summed E-state index contributed by atoms with van der Waals surface area (Å²) < 4.78 is 1.92. The lowest BCUT2D eigenvalue weighted by atomic mass is 9.92. The van der Waals surface area contributed by atoms with E-state index >= 15 is 0 Å². The van der Waals surface area contributed by atoms with Gasteiger partial charge >= 0.3 is 0 Å². The van der Waals surface area contributed by atoms with Crippen LogP contribution in [0.4, 0.5) is 0 Å². The fourth-order valence-electron chi connectivity index (χ4n) is 1.90. The van der Waals surface area contributed by atoms with Gasteiger partial charge in [-0.15, -0.1) is 11.6 Å². The second-order valence-corrected chi connectivity index (χ2v) is 5.83. The van der Waals surface area contributed by atoms with Crippen molar-refractivity contribution in [1.82, 2.24) is 9.55 Å². The van der Waals surface area contributed by atoms with Crippen molar-refractivity contribution in [1.29, 1.82) is 0 Å². The third kappa shape index (κ3) is 2.69. The van der Waals surface area contributed by atoms with Crippen molar-refractivity contribution in [2.75, 3.05) is 0 Å². The molecule has 0 bridgehead atoms. The van der Waals surface area contributed by atoms with Gasteiger partial charge in [-0.2, -0.15) is 0 Å². The van der Waals surface area contributed by atoms with Crippen LogP contribution in [0.25, 0.3) is 11.0 Å². The lowest BCUT2D eigenvalue weighted by molar-refractivity contribution is -0.126. The molecule has 0 saturated carbocycles. The molecule has 0 fully saturated rings. The molecule has 102 valence electrons. The van der Waals surface area contributed by atoms with Gasteiger partial charge in [0, 0.05) is 11.6 Å². The number of rotatable bonds is 4. The summed E-state index contributed by atoms with van der Waals surface area (Å²) in [4.78, 5) is 15.9. The van der Waals surface area contributed by atoms with Gasteiger partial charge in [-0.25, -0.2) is 4.98 Å². The number of nitrogens with zero attached hydrogens (tertiary/aromatic N) is 2. The van der Waals surface area contributed by atoms with Gasteiger partial charge in [0.05, 0.1) is 22.3 Å². The van der Waals surface area contributed by atoms with Crippen LogP contribution in [0.15, 0.2) is 18.2 Å². The number of hydrogen-bond acceptors (Lipinski definition) is 2. The Morgan fingerprint density at radius 1 is 1.47 bits per heavy atom. The zero-order valence-corrected chi connectivity index (χ0v) is 12.3. The summed E-state index contributed by atoms with van der Waals surface area (Å²) in [6.45, 7) is 4.03. The Bertz CT molecular complexity index is 634. The van der Waals surface area contributed by atoms with E-state index in [2.05, 4.69) is 4.98 Å². The van der Waals surface area contributed by atoms with Crippen LogP contribution in [0.2, 0.25) is 5.02 Å². The van der Waals surface area contributed by atoms with Crippen LogP contribution in [-0.2, 0) is 17.2 Å². The van der Waals surface area contributed by atoms with E-state index in [4.69, 9.17) is 28.9 Å². The van der Waals surface area contributed by atoms with Crippen LogP contribution in [0, 0.1) is 5.41 Å². The molecule has 1 aromatic carbocycles. The van der Waals surface area contributed by atoms with Crippen LogP contribution >= 0.6 is 23.2 Å². The van der Waals surface area contributed by atoms with Gasteiger partial charge in [0.25, 0.3) is 0 Å². The molecule has 0 unspecified atom stereocenters. The molecule has 0 atom stereocenters. The Morgan fingerprint density at radius 3 is 2.74 bits per heavy atom. The summed E-state index contributed by atoms with van der Waals surface area (Å²) >= 11 is 11.9. The molecule has 0 aliphatic heterocycles. The van der Waals surface area contributed by atoms with Crippen molar-refractivity contribution in [3.63, 3.8) is 0 Å². The van der Waals surface area contributed by atoms with Gasteiger partial charge in [0.1, 0.15) is 5.82 Å². The van der Waals surface area contributed by atoms with E-state index in [-0.39, 0.29) is 11.8 Å². The number of carbonyl (C=O) groups is 1. The molecule has 4 nitrogen and oxygen atoms in total. The first-order valence-electron chi connectivity index (χ1n) is 5.85. The zero-order chi connectivity index (χ0) is 14.2. The van der Waals surface area contributed by atoms with E-state index in [1.807, 2.05) is 10.6 Å². The number of aromatic nitrogens is 2. The molecule has 19 heavy (non-hydrogen) atoms. The Hall–Kier alpha value is -1.26. The van der Waals surface area contributed by atoms with Crippen LogP contribution < -0.4 is 5.73 Å². The van der Waals surface area contributed by atoms with Crippen LogP contribution in [0.5, 0.6) is 0 Å².